The van der Waals surface area contributed by atoms with Crippen LogP contribution in [0, 0.1) is 0 Å². The first kappa shape index (κ1) is 11.2. The van der Waals surface area contributed by atoms with Gasteiger partial charge in [-0.1, -0.05) is 24.3 Å². The van der Waals surface area contributed by atoms with Crippen molar-refractivity contribution in [3.63, 3.8) is 0 Å². The molecule has 0 unspecified atom stereocenters. The van der Waals surface area contributed by atoms with Crippen LogP contribution in [0.15, 0.2) is 24.3 Å². The lowest BCUT2D eigenvalue weighted by Gasteiger charge is -2.04. The van der Waals surface area contributed by atoms with Crippen LogP contribution in [-0.2, 0) is 22.5 Å². The Balaban J connectivity index is 2.42. The second-order valence-electron chi connectivity index (χ2n) is 3.08. The fourth-order valence-electron chi connectivity index (χ4n) is 1.20. The predicted octanol–water partition coefficient (Wildman–Crippen LogP) is 1.53. The molecule has 0 aromatic heterocycles. The number of methoxy groups -OCH3 is 1. The lowest BCUT2D eigenvalue weighted by atomic mass is 10.1. The van der Waals surface area contributed by atoms with Crippen molar-refractivity contribution < 1.29 is 9.57 Å². The fourth-order valence-corrected chi connectivity index (χ4v) is 1.20. The van der Waals surface area contributed by atoms with Gasteiger partial charge in [-0.2, -0.15) is 5.48 Å². The van der Waals surface area contributed by atoms with Crippen LogP contribution in [0.5, 0.6) is 0 Å². The van der Waals surface area contributed by atoms with E-state index >= 15 is 0 Å². The highest BCUT2D eigenvalue weighted by molar-refractivity contribution is 5.22. The van der Waals surface area contributed by atoms with Gasteiger partial charge in [0.05, 0.1) is 13.7 Å². The van der Waals surface area contributed by atoms with Gasteiger partial charge in [-0.05, 0) is 17.5 Å². The van der Waals surface area contributed by atoms with E-state index in [4.69, 9.17) is 9.57 Å². The van der Waals surface area contributed by atoms with Gasteiger partial charge < -0.3 is 9.57 Å². The summed E-state index contributed by atoms with van der Waals surface area (Å²) in [5.41, 5.74) is 5.32. The number of hydrogen-bond acceptors (Lipinski definition) is 3. The second-order valence-corrected chi connectivity index (χ2v) is 3.08. The van der Waals surface area contributed by atoms with Gasteiger partial charge in [-0.15, -0.1) is 0 Å². The van der Waals surface area contributed by atoms with Gasteiger partial charge >= 0.3 is 0 Å². The topological polar surface area (TPSA) is 30.5 Å². The van der Waals surface area contributed by atoms with Gasteiger partial charge in [-0.3, -0.25) is 0 Å². The first-order chi connectivity index (χ1) is 6.86. The molecule has 1 aromatic carbocycles. The highest BCUT2D eigenvalue weighted by Gasteiger charge is 1.94. The lowest BCUT2D eigenvalue weighted by molar-refractivity contribution is 0.0867. The molecule has 14 heavy (non-hydrogen) atoms. The molecule has 0 saturated carbocycles. The molecule has 0 amide bonds. The SMILES string of the molecule is COCCc1ccc(CNOC)cc1. The van der Waals surface area contributed by atoms with Crippen LogP contribution < -0.4 is 5.48 Å². The van der Waals surface area contributed by atoms with E-state index in [9.17, 15) is 0 Å². The number of hydrogen-bond donors (Lipinski definition) is 1. The molecule has 1 N–H and O–H groups in total. The maximum atomic E-state index is 5.01. The molecule has 0 aliphatic rings. The summed E-state index contributed by atoms with van der Waals surface area (Å²) in [5.74, 6) is 0. The van der Waals surface area contributed by atoms with Gasteiger partial charge in [0.1, 0.15) is 0 Å². The van der Waals surface area contributed by atoms with Crippen LogP contribution in [-0.4, -0.2) is 20.8 Å². The Hall–Kier alpha value is -0.900. The molecule has 0 radical (unpaired) electrons. The summed E-state index contributed by atoms with van der Waals surface area (Å²) in [6, 6.07) is 8.42. The molecule has 78 valence electrons. The van der Waals surface area contributed by atoms with Crippen LogP contribution in [0.25, 0.3) is 0 Å². The molecule has 0 heterocycles. The molecular formula is C11H17NO2. The van der Waals surface area contributed by atoms with E-state index in [1.165, 1.54) is 11.1 Å². The molecule has 0 aliphatic heterocycles. The van der Waals surface area contributed by atoms with Gasteiger partial charge in [0, 0.05) is 13.7 Å². The lowest BCUT2D eigenvalue weighted by Crippen LogP contribution is -2.10. The molecule has 1 aromatic rings. The average molecular weight is 195 g/mol. The summed E-state index contributed by atoms with van der Waals surface area (Å²) in [5, 5.41) is 0. The van der Waals surface area contributed by atoms with Gasteiger partial charge in [0.15, 0.2) is 0 Å². The van der Waals surface area contributed by atoms with Crippen molar-refractivity contribution in [3.05, 3.63) is 35.4 Å². The fraction of sp³-hybridized carbons (Fsp3) is 0.455. The summed E-state index contributed by atoms with van der Waals surface area (Å²) < 4.78 is 5.01. The molecule has 0 saturated heterocycles. The highest BCUT2D eigenvalue weighted by atomic mass is 16.6. The Morgan fingerprint density at radius 2 is 1.71 bits per heavy atom. The van der Waals surface area contributed by atoms with Crippen LogP contribution in [0.1, 0.15) is 11.1 Å². The Bertz CT molecular complexity index is 219. The Morgan fingerprint density at radius 1 is 1.07 bits per heavy atom. The number of nitrogens with one attached hydrogen (secondary N) is 1. The quantitative estimate of drug-likeness (QED) is 0.698. The van der Waals surface area contributed by atoms with Crippen LogP contribution >= 0.6 is 0 Å². The summed E-state index contributed by atoms with van der Waals surface area (Å²) in [6.07, 6.45) is 0.967. The van der Waals surface area contributed by atoms with Gasteiger partial charge in [0.25, 0.3) is 0 Å². The van der Waals surface area contributed by atoms with Crippen molar-refractivity contribution in [2.75, 3.05) is 20.8 Å². The summed E-state index contributed by atoms with van der Waals surface area (Å²) >= 11 is 0. The summed E-state index contributed by atoms with van der Waals surface area (Å²) in [6.45, 7) is 1.51. The normalized spacial score (nSPS) is 10.4. The number of ether oxygens (including phenoxy) is 1. The summed E-state index contributed by atoms with van der Waals surface area (Å²) in [4.78, 5) is 4.77. The van der Waals surface area contributed by atoms with Gasteiger partial charge in [0.2, 0.25) is 0 Å². The first-order valence-electron chi connectivity index (χ1n) is 4.69. The smallest absolute Gasteiger partial charge is 0.0572 e. The monoisotopic (exact) mass is 195 g/mol. The maximum Gasteiger partial charge on any atom is 0.0572 e. The molecule has 3 nitrogen and oxygen atoms in total. The Labute approximate surface area is 85.0 Å². The molecule has 0 aliphatic carbocycles. The van der Waals surface area contributed by atoms with Crippen molar-refractivity contribution in [3.8, 4) is 0 Å². The zero-order valence-electron chi connectivity index (χ0n) is 8.75. The maximum absolute atomic E-state index is 5.01. The standard InChI is InChI=1S/C11H17NO2/c1-13-8-7-10-3-5-11(6-4-10)9-12-14-2/h3-6,12H,7-9H2,1-2H3. The van der Waals surface area contributed by atoms with E-state index in [1.54, 1.807) is 14.2 Å². The van der Waals surface area contributed by atoms with E-state index in [1.807, 2.05) is 0 Å². The van der Waals surface area contributed by atoms with Gasteiger partial charge in [-0.25, -0.2) is 0 Å². The molecule has 3 heteroatoms. The third-order valence-electron chi connectivity index (χ3n) is 2.04. The van der Waals surface area contributed by atoms with E-state index in [-0.39, 0.29) is 0 Å². The van der Waals surface area contributed by atoms with Crippen LogP contribution in [0.2, 0.25) is 0 Å². The summed E-state index contributed by atoms with van der Waals surface area (Å²) in [7, 11) is 3.34. The third kappa shape index (κ3) is 3.87. The Kier molecular flexibility index (Phi) is 5.22. The zero-order chi connectivity index (χ0) is 10.2. The minimum absolute atomic E-state index is 0.737. The molecule has 0 fully saturated rings. The zero-order valence-corrected chi connectivity index (χ0v) is 8.75. The van der Waals surface area contributed by atoms with Crippen molar-refractivity contribution >= 4 is 0 Å². The first-order valence-corrected chi connectivity index (χ1v) is 4.69. The van der Waals surface area contributed by atoms with E-state index in [2.05, 4.69) is 29.7 Å². The van der Waals surface area contributed by atoms with Crippen molar-refractivity contribution in [1.29, 1.82) is 0 Å². The van der Waals surface area contributed by atoms with E-state index in [0.29, 0.717) is 0 Å². The van der Waals surface area contributed by atoms with Crippen molar-refractivity contribution in [2.45, 2.75) is 13.0 Å². The largest absolute Gasteiger partial charge is 0.384 e. The Morgan fingerprint density at radius 3 is 2.29 bits per heavy atom. The minimum Gasteiger partial charge on any atom is -0.384 e. The molecule has 0 bridgehead atoms. The predicted molar refractivity (Wildman–Crippen MR) is 55.9 cm³/mol. The van der Waals surface area contributed by atoms with Crippen molar-refractivity contribution in [2.24, 2.45) is 0 Å². The van der Waals surface area contributed by atoms with Crippen LogP contribution in [0.4, 0.5) is 0 Å². The van der Waals surface area contributed by atoms with E-state index in [0.717, 1.165) is 19.6 Å². The number of rotatable bonds is 6. The number of hydroxylamine groups is 1. The molecular weight excluding hydrogens is 178 g/mol. The number of benzene rings is 1. The van der Waals surface area contributed by atoms with Crippen LogP contribution in [0.3, 0.4) is 0 Å². The van der Waals surface area contributed by atoms with E-state index < -0.39 is 0 Å². The minimum atomic E-state index is 0.737. The van der Waals surface area contributed by atoms with Crippen molar-refractivity contribution in [1.82, 2.24) is 5.48 Å². The third-order valence-corrected chi connectivity index (χ3v) is 2.04. The molecule has 0 spiro atoms. The average Bonchev–Trinajstić information content (AvgIpc) is 2.25. The molecule has 0 atom stereocenters. The highest BCUT2D eigenvalue weighted by Crippen LogP contribution is 2.05. The molecule has 1 rings (SSSR count). The second kappa shape index (κ2) is 6.54.